The summed E-state index contributed by atoms with van der Waals surface area (Å²) in [5, 5.41) is 31.0. The Kier molecular flexibility index (Phi) is 4.18. The Morgan fingerprint density at radius 3 is 2.58 bits per heavy atom. The summed E-state index contributed by atoms with van der Waals surface area (Å²) in [5.74, 6) is 1.21. The summed E-state index contributed by atoms with van der Waals surface area (Å²) in [6.07, 6.45) is 4.18. The van der Waals surface area contributed by atoms with Crippen LogP contribution >= 0.6 is 0 Å². The standard InChI is InChI=1S/C21H32O5/c1-19-7-5-13(23)9-12(19)3-4-14-15-6-8-21(26,17(25)11-22)20(15,2)10-16(24)18(14)19/h12,14-15,17-18,22,25-26H,3-11H2,1-2H3/t12-,14+,15+,17-,18-,19+,20+,21+/m1/s1. The van der Waals surface area contributed by atoms with Gasteiger partial charge in [-0.1, -0.05) is 13.8 Å². The molecule has 0 radical (unpaired) electrons. The molecule has 4 fully saturated rings. The molecule has 0 saturated heterocycles. The molecule has 0 aromatic rings. The van der Waals surface area contributed by atoms with E-state index in [1.165, 1.54) is 0 Å². The van der Waals surface area contributed by atoms with E-state index in [-0.39, 0.29) is 35.4 Å². The lowest BCUT2D eigenvalue weighted by Gasteiger charge is -2.60. The Hall–Kier alpha value is -0.780. The van der Waals surface area contributed by atoms with Crippen LogP contribution in [0.25, 0.3) is 0 Å². The zero-order valence-corrected chi connectivity index (χ0v) is 15.9. The normalized spacial score (nSPS) is 52.2. The fourth-order valence-corrected chi connectivity index (χ4v) is 7.60. The second-order valence-corrected chi connectivity index (χ2v) is 9.99. The molecule has 0 aromatic carbocycles. The van der Waals surface area contributed by atoms with Gasteiger partial charge in [0.2, 0.25) is 0 Å². The number of aliphatic hydroxyl groups excluding tert-OH is 2. The van der Waals surface area contributed by atoms with Crippen LogP contribution in [-0.2, 0) is 9.59 Å². The van der Waals surface area contributed by atoms with Crippen molar-refractivity contribution < 1.29 is 24.9 Å². The van der Waals surface area contributed by atoms with Crippen molar-refractivity contribution in [3.05, 3.63) is 0 Å². The predicted octanol–water partition coefficient (Wildman–Crippen LogP) is 1.86. The minimum atomic E-state index is -1.40. The predicted molar refractivity (Wildman–Crippen MR) is 95.2 cm³/mol. The summed E-state index contributed by atoms with van der Waals surface area (Å²) in [6, 6.07) is 0. The summed E-state index contributed by atoms with van der Waals surface area (Å²) in [5.41, 5.74) is -2.18. The Morgan fingerprint density at radius 2 is 1.88 bits per heavy atom. The molecule has 26 heavy (non-hydrogen) atoms. The highest BCUT2D eigenvalue weighted by Gasteiger charge is 2.68. The van der Waals surface area contributed by atoms with Gasteiger partial charge in [0.25, 0.3) is 0 Å². The molecule has 5 heteroatoms. The number of carbonyl (C=O) groups excluding carboxylic acids is 2. The van der Waals surface area contributed by atoms with Crippen LogP contribution < -0.4 is 0 Å². The SMILES string of the molecule is C[C@]12CCC(=O)C[C@H]1CC[C@@H]1[C@@H]2C(=O)C[C@@]2(C)[C@H]1CC[C@]2(O)[C@H](O)CO. The number of fused-ring (bicyclic) bond motifs is 5. The van der Waals surface area contributed by atoms with E-state index in [9.17, 15) is 24.9 Å². The molecular weight excluding hydrogens is 332 g/mol. The van der Waals surface area contributed by atoms with Crippen LogP contribution in [0.4, 0.5) is 0 Å². The van der Waals surface area contributed by atoms with E-state index in [1.807, 2.05) is 6.92 Å². The molecule has 146 valence electrons. The van der Waals surface area contributed by atoms with E-state index >= 15 is 0 Å². The zero-order chi connectivity index (χ0) is 18.9. The van der Waals surface area contributed by atoms with Crippen LogP contribution in [0.1, 0.15) is 65.2 Å². The van der Waals surface area contributed by atoms with Gasteiger partial charge in [-0.2, -0.15) is 0 Å². The lowest BCUT2D eigenvalue weighted by Crippen LogP contribution is -2.63. The summed E-state index contributed by atoms with van der Waals surface area (Å²) in [4.78, 5) is 25.3. The third-order valence-electron chi connectivity index (χ3n) is 9.11. The second kappa shape index (κ2) is 5.86. The van der Waals surface area contributed by atoms with Gasteiger partial charge in [-0.25, -0.2) is 0 Å². The Morgan fingerprint density at radius 1 is 1.15 bits per heavy atom. The molecular formula is C21H32O5. The largest absolute Gasteiger partial charge is 0.394 e. The number of carbonyl (C=O) groups is 2. The number of hydrogen-bond donors (Lipinski definition) is 3. The smallest absolute Gasteiger partial charge is 0.137 e. The van der Waals surface area contributed by atoms with Crippen LogP contribution in [0.3, 0.4) is 0 Å². The van der Waals surface area contributed by atoms with Crippen molar-refractivity contribution in [2.45, 2.75) is 76.9 Å². The van der Waals surface area contributed by atoms with Gasteiger partial charge in [-0.05, 0) is 55.3 Å². The molecule has 0 unspecified atom stereocenters. The van der Waals surface area contributed by atoms with Crippen molar-refractivity contribution in [1.82, 2.24) is 0 Å². The number of aliphatic hydroxyl groups is 3. The zero-order valence-electron chi connectivity index (χ0n) is 15.9. The Balaban J connectivity index is 1.70. The molecule has 3 N–H and O–H groups in total. The Labute approximate surface area is 155 Å². The summed E-state index contributed by atoms with van der Waals surface area (Å²) >= 11 is 0. The first kappa shape index (κ1) is 18.6. The molecule has 0 heterocycles. The van der Waals surface area contributed by atoms with Crippen LogP contribution in [0.15, 0.2) is 0 Å². The average molecular weight is 364 g/mol. The number of Topliss-reactive ketones (excluding diaryl/α,β-unsaturated/α-hetero) is 2. The monoisotopic (exact) mass is 364 g/mol. The van der Waals surface area contributed by atoms with Gasteiger partial charge in [0.05, 0.1) is 12.2 Å². The highest BCUT2D eigenvalue weighted by Crippen LogP contribution is 2.67. The van der Waals surface area contributed by atoms with Crippen molar-refractivity contribution in [3.63, 3.8) is 0 Å². The average Bonchev–Trinajstić information content (AvgIpc) is 2.86. The maximum atomic E-state index is 13.4. The highest BCUT2D eigenvalue weighted by molar-refractivity contribution is 5.86. The minimum Gasteiger partial charge on any atom is -0.394 e. The van der Waals surface area contributed by atoms with Crippen molar-refractivity contribution >= 4 is 11.6 Å². The van der Waals surface area contributed by atoms with Crippen molar-refractivity contribution in [3.8, 4) is 0 Å². The first-order valence-electron chi connectivity index (χ1n) is 10.2. The van der Waals surface area contributed by atoms with Crippen LogP contribution in [0.5, 0.6) is 0 Å². The Bertz CT molecular complexity index is 632. The minimum absolute atomic E-state index is 0.0268. The number of hydrogen-bond acceptors (Lipinski definition) is 5. The summed E-state index contributed by atoms with van der Waals surface area (Å²) in [6.45, 7) is 3.67. The number of ketones is 2. The van der Waals surface area contributed by atoms with Crippen LogP contribution in [0.2, 0.25) is 0 Å². The maximum Gasteiger partial charge on any atom is 0.137 e. The van der Waals surface area contributed by atoms with Crippen molar-refractivity contribution in [2.75, 3.05) is 6.61 Å². The molecule has 8 atom stereocenters. The molecule has 4 aliphatic carbocycles. The van der Waals surface area contributed by atoms with Crippen molar-refractivity contribution in [1.29, 1.82) is 0 Å². The van der Waals surface area contributed by atoms with E-state index in [0.717, 1.165) is 25.7 Å². The van der Waals surface area contributed by atoms with Crippen LogP contribution in [-0.4, -0.2) is 45.2 Å². The van der Waals surface area contributed by atoms with Gasteiger partial charge < -0.3 is 15.3 Å². The molecule has 0 aromatic heterocycles. The molecule has 4 aliphatic rings. The van der Waals surface area contributed by atoms with Crippen LogP contribution in [0, 0.1) is 34.5 Å². The van der Waals surface area contributed by atoms with E-state index < -0.39 is 23.7 Å². The topological polar surface area (TPSA) is 94.8 Å². The fraction of sp³-hybridized carbons (Fsp3) is 0.905. The lowest BCUT2D eigenvalue weighted by molar-refractivity contribution is -0.195. The third kappa shape index (κ3) is 2.20. The quantitative estimate of drug-likeness (QED) is 0.695. The van der Waals surface area contributed by atoms with E-state index in [0.29, 0.717) is 31.0 Å². The molecule has 4 saturated carbocycles. The van der Waals surface area contributed by atoms with Gasteiger partial charge in [0.1, 0.15) is 17.7 Å². The van der Waals surface area contributed by atoms with Gasteiger partial charge in [0, 0.05) is 30.6 Å². The molecule has 0 aliphatic heterocycles. The molecule has 0 spiro atoms. The third-order valence-corrected chi connectivity index (χ3v) is 9.11. The fourth-order valence-electron chi connectivity index (χ4n) is 7.60. The van der Waals surface area contributed by atoms with Gasteiger partial charge >= 0.3 is 0 Å². The molecule has 5 nitrogen and oxygen atoms in total. The van der Waals surface area contributed by atoms with E-state index in [2.05, 4.69) is 6.92 Å². The lowest BCUT2D eigenvalue weighted by atomic mass is 9.44. The maximum absolute atomic E-state index is 13.4. The van der Waals surface area contributed by atoms with Gasteiger partial charge in [-0.3, -0.25) is 9.59 Å². The molecule has 0 amide bonds. The van der Waals surface area contributed by atoms with Gasteiger partial charge in [0.15, 0.2) is 0 Å². The van der Waals surface area contributed by atoms with Gasteiger partial charge in [-0.15, -0.1) is 0 Å². The summed E-state index contributed by atoms with van der Waals surface area (Å²) in [7, 11) is 0. The first-order chi connectivity index (χ1) is 12.2. The first-order valence-corrected chi connectivity index (χ1v) is 10.2. The van der Waals surface area contributed by atoms with E-state index in [4.69, 9.17) is 0 Å². The summed E-state index contributed by atoms with van der Waals surface area (Å²) < 4.78 is 0. The molecule has 4 rings (SSSR count). The van der Waals surface area contributed by atoms with Crippen molar-refractivity contribution in [2.24, 2.45) is 34.5 Å². The highest BCUT2D eigenvalue weighted by atomic mass is 16.4. The number of rotatable bonds is 2. The second-order valence-electron chi connectivity index (χ2n) is 9.99. The molecule has 0 bridgehead atoms. The van der Waals surface area contributed by atoms with E-state index in [1.54, 1.807) is 0 Å².